The molecule has 4 fully saturated rings. The molecule has 0 aromatic heterocycles. The van der Waals surface area contributed by atoms with Crippen molar-refractivity contribution in [1.29, 1.82) is 0 Å². The molecule has 1 spiro atoms. The van der Waals surface area contributed by atoms with E-state index in [1.807, 2.05) is 18.2 Å². The quantitative estimate of drug-likeness (QED) is 0.467. The number of rotatable bonds is 5. The maximum Gasteiger partial charge on any atom is 0.260 e. The van der Waals surface area contributed by atoms with Gasteiger partial charge in [0.2, 0.25) is 17.7 Å². The van der Waals surface area contributed by atoms with Gasteiger partial charge in [-0.25, -0.2) is 4.39 Å². The van der Waals surface area contributed by atoms with E-state index in [0.717, 1.165) is 12.8 Å². The number of piperidine rings is 1. The monoisotopic (exact) mass is 587 g/mol. The molecule has 3 N–H and O–H groups in total. The number of para-hydroxylation sites is 1. The van der Waals surface area contributed by atoms with Crippen LogP contribution >= 0.6 is 0 Å². The molecule has 0 bridgehead atoms. The van der Waals surface area contributed by atoms with Gasteiger partial charge in [0.1, 0.15) is 18.0 Å². The summed E-state index contributed by atoms with van der Waals surface area (Å²) >= 11 is 0. The van der Waals surface area contributed by atoms with Crippen LogP contribution in [0.3, 0.4) is 0 Å². The molecular weight excluding hydrogens is 545 g/mol. The van der Waals surface area contributed by atoms with E-state index >= 15 is 0 Å². The number of carbonyl (C=O) groups is 4. The minimum atomic E-state index is -1.30. The van der Waals surface area contributed by atoms with Crippen LogP contribution in [-0.2, 0) is 23.9 Å². The lowest BCUT2D eigenvalue weighted by Gasteiger charge is -2.43. The number of likely N-dealkylation sites (tertiary alicyclic amines) is 1. The van der Waals surface area contributed by atoms with Crippen molar-refractivity contribution >= 4 is 23.6 Å². The molecule has 0 aliphatic carbocycles. The van der Waals surface area contributed by atoms with Crippen molar-refractivity contribution in [1.82, 2.24) is 25.8 Å². The van der Waals surface area contributed by atoms with Gasteiger partial charge in [0.05, 0.1) is 18.1 Å². The van der Waals surface area contributed by atoms with Crippen molar-refractivity contribution < 1.29 is 33.0 Å². The van der Waals surface area contributed by atoms with E-state index in [-0.39, 0.29) is 49.8 Å². The summed E-state index contributed by atoms with van der Waals surface area (Å²) in [4.78, 5) is 56.4. The van der Waals surface area contributed by atoms with E-state index in [1.54, 1.807) is 17.0 Å². The molecule has 12 heteroatoms. The smallest absolute Gasteiger partial charge is 0.260 e. The Morgan fingerprint density at radius 3 is 2.57 bits per heavy atom. The number of nitrogens with zero attached hydrogens (tertiary/aromatic N) is 2. The third kappa shape index (κ3) is 7.57. The largest absolute Gasteiger partial charge is 0.484 e. The van der Waals surface area contributed by atoms with Crippen molar-refractivity contribution in [3.63, 3.8) is 0 Å². The lowest BCUT2D eigenvalue weighted by molar-refractivity contribution is -0.142. The number of alkyl halides is 1. The first kappa shape index (κ1) is 30.2. The van der Waals surface area contributed by atoms with Crippen LogP contribution in [0.4, 0.5) is 4.39 Å². The molecule has 1 aromatic carbocycles. The summed E-state index contributed by atoms with van der Waals surface area (Å²) in [6, 6.07) is 7.66. The second-order valence-corrected chi connectivity index (χ2v) is 11.9. The van der Waals surface area contributed by atoms with Gasteiger partial charge >= 0.3 is 0 Å². The highest BCUT2D eigenvalue weighted by Crippen LogP contribution is 2.29. The lowest BCUT2D eigenvalue weighted by Crippen LogP contribution is -2.61. The maximum atomic E-state index is 14.8. The summed E-state index contributed by atoms with van der Waals surface area (Å²) in [6.45, 7) is 2.04. The number of hydrogen-bond acceptors (Lipinski definition) is 7. The van der Waals surface area contributed by atoms with E-state index < -0.39 is 29.7 Å². The Morgan fingerprint density at radius 2 is 1.83 bits per heavy atom. The number of benzene rings is 1. The Hall–Kier alpha value is -3.25. The molecule has 4 aliphatic rings. The van der Waals surface area contributed by atoms with Crippen molar-refractivity contribution in [2.45, 2.75) is 81.2 Å². The minimum Gasteiger partial charge on any atom is -0.484 e. The summed E-state index contributed by atoms with van der Waals surface area (Å²) in [7, 11) is 0. The van der Waals surface area contributed by atoms with Crippen LogP contribution in [0.5, 0.6) is 5.75 Å². The van der Waals surface area contributed by atoms with Crippen molar-refractivity contribution in [3.05, 3.63) is 30.3 Å². The summed E-state index contributed by atoms with van der Waals surface area (Å²) in [5.74, 6) is -0.503. The molecule has 0 saturated carbocycles. The predicted octanol–water partition coefficient (Wildman–Crippen LogP) is 0.919. The first-order valence-electron chi connectivity index (χ1n) is 15.1. The number of ether oxygens (including phenoxy) is 2. The maximum absolute atomic E-state index is 14.8. The first-order chi connectivity index (χ1) is 20.3. The van der Waals surface area contributed by atoms with Crippen molar-refractivity contribution in [3.8, 4) is 5.75 Å². The molecule has 4 amide bonds. The van der Waals surface area contributed by atoms with Gasteiger partial charge in [0.15, 0.2) is 6.61 Å². The molecular formula is C30H42FN5O6. The van der Waals surface area contributed by atoms with Crippen molar-refractivity contribution in [2.24, 2.45) is 0 Å². The summed E-state index contributed by atoms with van der Waals surface area (Å²) in [6.07, 6.45) is 1.96. The fraction of sp³-hybridized carbons (Fsp3) is 0.667. The van der Waals surface area contributed by atoms with E-state index in [0.29, 0.717) is 64.3 Å². The van der Waals surface area contributed by atoms with Crippen LogP contribution in [0.2, 0.25) is 0 Å². The molecule has 0 unspecified atom stereocenters. The van der Waals surface area contributed by atoms with E-state index in [2.05, 4.69) is 16.0 Å². The van der Waals surface area contributed by atoms with E-state index in [9.17, 15) is 23.6 Å². The minimum absolute atomic E-state index is 0.0464. The summed E-state index contributed by atoms with van der Waals surface area (Å²) in [5.41, 5.74) is -0.908. The number of halogens is 1. The molecule has 4 aliphatic heterocycles. The van der Waals surface area contributed by atoms with Gasteiger partial charge < -0.3 is 35.2 Å². The zero-order valence-corrected chi connectivity index (χ0v) is 24.0. The number of hydrogen-bond donors (Lipinski definition) is 3. The van der Waals surface area contributed by atoms with Gasteiger partial charge in [0.25, 0.3) is 5.91 Å². The highest BCUT2D eigenvalue weighted by atomic mass is 19.1. The molecule has 42 heavy (non-hydrogen) atoms. The topological polar surface area (TPSA) is 129 Å². The summed E-state index contributed by atoms with van der Waals surface area (Å²) < 4.78 is 25.8. The standard InChI is InChI=1S/C30H42FN5O6/c31-21-17-25-28(39)34-30(10-13-35(14-11-30)27(38)20-42-23-5-2-1-3-6-23)18-26(37)32-12-4-7-24(29(40)36(25)19-21)33-22-8-15-41-16-9-22/h1-3,5-6,21-22,24-25,33H,4,7-20H2,(H,32,37)(H,34,39)/t21-,24-,25-/m0/s1. The normalized spacial score (nSPS) is 27.7. The molecule has 5 rings (SSSR count). The highest BCUT2D eigenvalue weighted by molar-refractivity contribution is 5.91. The van der Waals surface area contributed by atoms with Gasteiger partial charge in [-0.2, -0.15) is 0 Å². The number of nitrogens with one attached hydrogen (secondary N) is 3. The second-order valence-electron chi connectivity index (χ2n) is 11.9. The fourth-order valence-electron chi connectivity index (χ4n) is 6.44. The van der Waals surface area contributed by atoms with Gasteiger partial charge in [0, 0.05) is 51.7 Å². The van der Waals surface area contributed by atoms with Gasteiger partial charge in [-0.05, 0) is 50.7 Å². The van der Waals surface area contributed by atoms with Crippen molar-refractivity contribution in [2.75, 3.05) is 46.0 Å². The first-order valence-corrected chi connectivity index (χ1v) is 15.1. The second kappa shape index (κ2) is 13.8. The van der Waals surface area contributed by atoms with Gasteiger partial charge in [-0.15, -0.1) is 0 Å². The van der Waals surface area contributed by atoms with Crippen LogP contribution in [0.25, 0.3) is 0 Å². The van der Waals surface area contributed by atoms with Crippen LogP contribution < -0.4 is 20.7 Å². The highest BCUT2D eigenvalue weighted by Gasteiger charge is 2.46. The number of fused-ring (bicyclic) bond motifs is 1. The Bertz CT molecular complexity index is 1110. The Labute approximate surface area is 245 Å². The average molecular weight is 588 g/mol. The lowest BCUT2D eigenvalue weighted by atomic mass is 9.83. The molecule has 1 aromatic rings. The van der Waals surface area contributed by atoms with Gasteiger partial charge in [-0.3, -0.25) is 19.2 Å². The van der Waals surface area contributed by atoms with Crippen LogP contribution in [-0.4, -0.2) is 109 Å². The van der Waals surface area contributed by atoms with Crippen LogP contribution in [0.1, 0.15) is 51.4 Å². The zero-order chi connectivity index (χ0) is 29.5. The average Bonchev–Trinajstić information content (AvgIpc) is 3.40. The molecule has 0 radical (unpaired) electrons. The molecule has 230 valence electrons. The van der Waals surface area contributed by atoms with Crippen LogP contribution in [0.15, 0.2) is 30.3 Å². The third-order valence-corrected chi connectivity index (χ3v) is 8.85. The summed E-state index contributed by atoms with van der Waals surface area (Å²) in [5, 5.41) is 9.45. The molecule has 3 atom stereocenters. The fourth-order valence-corrected chi connectivity index (χ4v) is 6.44. The third-order valence-electron chi connectivity index (χ3n) is 8.85. The zero-order valence-electron chi connectivity index (χ0n) is 24.0. The Morgan fingerprint density at radius 1 is 1.10 bits per heavy atom. The number of amides is 4. The Kier molecular flexibility index (Phi) is 9.94. The van der Waals surface area contributed by atoms with E-state index in [1.165, 1.54) is 4.90 Å². The SMILES string of the molecule is O=C1CC2(CCN(C(=O)COc3ccccc3)CC2)NC(=O)[C@@H]2C[C@H](F)CN2C(=O)[C@@H](NC2CCOCC2)CCCN1. The van der Waals surface area contributed by atoms with E-state index in [4.69, 9.17) is 9.47 Å². The molecule has 4 heterocycles. The molecule has 4 saturated heterocycles. The number of carbonyl (C=O) groups excluding carboxylic acids is 4. The van der Waals surface area contributed by atoms with Gasteiger partial charge in [-0.1, -0.05) is 18.2 Å². The predicted molar refractivity (Wildman–Crippen MR) is 151 cm³/mol. The molecule has 11 nitrogen and oxygen atoms in total. The Balaban J connectivity index is 1.27. The van der Waals surface area contributed by atoms with Crippen LogP contribution in [0, 0.1) is 0 Å².